The van der Waals surface area contributed by atoms with E-state index in [0.29, 0.717) is 79.2 Å². The van der Waals surface area contributed by atoms with Crippen molar-refractivity contribution < 1.29 is 99.5 Å². The van der Waals surface area contributed by atoms with Gasteiger partial charge in [0.25, 0.3) is 17.7 Å². The van der Waals surface area contributed by atoms with Crippen LogP contribution in [0.15, 0.2) is 146 Å². The van der Waals surface area contributed by atoms with E-state index in [1.807, 2.05) is 86.6 Å². The van der Waals surface area contributed by atoms with Gasteiger partial charge in [0.15, 0.2) is 28.7 Å². The number of benzene rings is 6. The minimum atomic E-state index is -3.61. The van der Waals surface area contributed by atoms with Gasteiger partial charge >= 0.3 is 0 Å². The largest absolute Gasteiger partial charge is 0.506 e. The van der Waals surface area contributed by atoms with Crippen molar-refractivity contribution in [2.75, 3.05) is 142 Å². The van der Waals surface area contributed by atoms with Crippen molar-refractivity contribution in [3.63, 3.8) is 0 Å². The number of hydrogen-bond donors (Lipinski definition) is 8. The summed E-state index contributed by atoms with van der Waals surface area (Å²) in [6.45, 7) is 26.2. The standard InChI is InChI=1S/C31H39N7O5S.C26H28ClN5O5S.C22H27N3O5S.C5H12N2.C4H2Cl2N2.BH.U/c1-31(2,3)21-18-22(28(42-6)23(19-21)35-44(7,40)41)33-29(39)24-17-20-9-8-10-25(27(20)37(24)5)43-26-11-12-32-30(34-26)38-15-13-36(4)14-16-38;1-26(2,3)16-13-17(23(36-5)18(14-16)31-38(6,34)35)29-24(33)19-12-15-8-7-9-20(22(15)32(19)4)37-21-10-11-28-25(27)30-21;1-22(2,3)14-11-15(20(30-5)16(12-14)24-31(6,28)29)23-21(27)17-10-13-8-7-9-18(26)19(13)25(17)4;1-7-4-2-6-3-5-7;5-3-1-2-7-4(6)8-3;;/h8-12,17-19,35H,13-16H2,1-7H3,(H,33,39);7-14,31H,1-6H3,(H,29,33);7-12,24,26H,1-6H3,(H,23,27);6H,2-5H2,1H3;1-2H;1H;/i;;;;;1D;. The molecular formula is C88H109BCl3N19O15S3U. The molecule has 3 amide bonds. The van der Waals surface area contributed by atoms with Crippen LogP contribution < -0.4 is 64.0 Å². The van der Waals surface area contributed by atoms with Crippen molar-refractivity contribution >= 4 is 164 Å². The van der Waals surface area contributed by atoms with Gasteiger partial charge in [-0.15, -0.1) is 0 Å². The quantitative estimate of drug-likeness (QED) is 0.0200. The number of fused-ring (bicyclic) bond motifs is 3. The number of amides is 3. The first kappa shape index (κ1) is 103. The third-order valence-corrected chi connectivity index (χ3v) is 22.6. The molecule has 34 nitrogen and oxygen atoms in total. The molecule has 42 heteroatoms. The Morgan fingerprint density at radius 3 is 1.10 bits per heavy atom. The Balaban J connectivity index is 0.000000223. The Morgan fingerprint density at radius 1 is 0.446 bits per heavy atom. The Morgan fingerprint density at radius 2 is 0.777 bits per heavy atom. The van der Waals surface area contributed by atoms with Gasteiger partial charge in [-0.1, -0.05) is 110 Å². The number of ether oxygens (including phenoxy) is 5. The second-order valence-electron chi connectivity index (χ2n) is 33.5. The van der Waals surface area contributed by atoms with Crippen LogP contribution in [0.3, 0.4) is 0 Å². The average molecular weight is 2130 g/mol. The molecule has 0 spiro atoms. The molecule has 8 heterocycles. The number of carbonyl (C=O) groups is 3. The predicted molar refractivity (Wildman–Crippen MR) is 513 cm³/mol. The molecule has 0 unspecified atom stereocenters. The van der Waals surface area contributed by atoms with E-state index < -0.39 is 47.8 Å². The van der Waals surface area contributed by atoms with Crippen LogP contribution in [0, 0.1) is 31.1 Å². The number of phenols is 1. The van der Waals surface area contributed by atoms with Crippen molar-refractivity contribution in [1.82, 2.24) is 58.7 Å². The van der Waals surface area contributed by atoms with Crippen LogP contribution in [-0.4, -0.2) is 218 Å². The number of hydrogen-bond acceptors (Lipinski definition) is 25. The molecule has 2 saturated heterocycles. The summed E-state index contributed by atoms with van der Waals surface area (Å²) in [5.41, 5.74) is 6.13. The second kappa shape index (κ2) is 44.0. The first-order chi connectivity index (χ1) is 61.0. The van der Waals surface area contributed by atoms with Crippen molar-refractivity contribution in [2.45, 2.75) is 78.6 Å². The van der Waals surface area contributed by atoms with Crippen LogP contribution in [-0.2, 0) is 67.5 Å². The fourth-order valence-electron chi connectivity index (χ4n) is 13.7. The van der Waals surface area contributed by atoms with E-state index in [9.17, 15) is 44.7 Å². The maximum Gasteiger partial charge on any atom is 0.272 e. The molecule has 12 aromatic rings. The van der Waals surface area contributed by atoms with Gasteiger partial charge in [0.05, 0.1) is 90.8 Å². The number of sulfonamides is 3. The van der Waals surface area contributed by atoms with E-state index in [-0.39, 0.29) is 104 Å². The Bertz CT molecular complexity index is 6450. The summed E-state index contributed by atoms with van der Waals surface area (Å²) in [7, 11) is 6.69. The maximum atomic E-state index is 13.7. The molecule has 6 aromatic heterocycles. The zero-order valence-corrected chi connectivity index (χ0v) is 84.9. The summed E-state index contributed by atoms with van der Waals surface area (Å²) in [4.78, 5) is 71.4. The van der Waals surface area contributed by atoms with E-state index in [1.165, 1.54) is 46.8 Å². The first-order valence-electron chi connectivity index (χ1n) is 40.7. The molecular weight excluding hydrogens is 2010 g/mol. The van der Waals surface area contributed by atoms with Crippen LogP contribution in [0.2, 0.25) is 15.7 Å². The number of nitrogens with one attached hydrogen (secondary N) is 7. The molecule has 2 aliphatic rings. The molecule has 130 heavy (non-hydrogen) atoms. The number of nitrogens with zero attached hydrogens (tertiary/aromatic N) is 12. The molecule has 0 atom stereocenters. The number of likely N-dealkylation sites (N-methyl/N-ethyl adjacent to an activating group) is 2. The normalized spacial score (nSPS) is 13.2. The smallest absolute Gasteiger partial charge is 0.272 e. The van der Waals surface area contributed by atoms with Gasteiger partial charge in [0.1, 0.15) is 28.0 Å². The van der Waals surface area contributed by atoms with Crippen molar-refractivity contribution in [3.05, 3.63) is 195 Å². The summed E-state index contributed by atoms with van der Waals surface area (Å²) in [6, 6.07) is 36.6. The Kier molecular flexibility index (Phi) is 34.9. The van der Waals surface area contributed by atoms with Crippen molar-refractivity contribution in [1.29, 1.82) is 1.34 Å². The third-order valence-electron chi connectivity index (χ3n) is 20.2. The van der Waals surface area contributed by atoms with E-state index in [2.05, 4.69) is 103 Å². The number of carbonyl (C=O) groups excluding carboxylic acids is 3. The number of aromatic nitrogens is 9. The number of piperazine rings is 2. The average Bonchev–Trinajstić information content (AvgIpc) is 1.75. The van der Waals surface area contributed by atoms with Crippen LogP contribution in [0.1, 0.15) is 110 Å². The molecule has 0 saturated carbocycles. The number of aryl methyl sites for hydroxylation is 3. The molecule has 2 radical (unpaired) electrons. The number of methoxy groups -OCH3 is 3. The minimum Gasteiger partial charge on any atom is -0.506 e. The number of phenolic OH excluding ortho intramolecular Hbond substituents is 1. The number of rotatable bonds is 20. The molecule has 2 aliphatic heterocycles. The van der Waals surface area contributed by atoms with Gasteiger partial charge in [-0.3, -0.25) is 28.5 Å². The SMILES string of the molecule is CN1CCNCC1.COc1c(NC(=O)c2cc3cccc(O)c3n2C)cc(C(C)(C)C)cc1NS(C)(=O)=O.COc1c(NC(=O)c2cc3cccc(Oc4ccnc(Cl)n4)c3n2C)cc(C(C)(C)C)cc1NS(C)(=O)=O.COc1c(NC(=O)c2cc3cccc(Oc4ccnc(N5CCN(C)CC5)n4)c3n2C)cc(C(C)(C)C)cc1NS(C)(=O)=O.Clc1ccnc(Cl)n1.[2H][B].[U]. The Hall–Kier alpha value is -10.7. The molecule has 0 aliphatic carbocycles. The Labute approximate surface area is 800 Å². The molecule has 692 valence electrons. The zero-order chi connectivity index (χ0) is 95.9. The first-order valence-corrected chi connectivity index (χ1v) is 46.9. The second-order valence-corrected chi connectivity index (χ2v) is 39.8. The van der Waals surface area contributed by atoms with Gasteiger partial charge in [-0.2, -0.15) is 9.97 Å². The summed E-state index contributed by atoms with van der Waals surface area (Å²) in [5.74, 6) is 1.74. The van der Waals surface area contributed by atoms with Gasteiger partial charge in [0, 0.05) is 160 Å². The predicted octanol–water partition coefficient (Wildman–Crippen LogP) is 14.3. The maximum absolute atomic E-state index is 13.7. The molecule has 8 N–H and O–H groups in total. The summed E-state index contributed by atoms with van der Waals surface area (Å²) in [6.07, 6.45) is 7.85. The molecule has 14 rings (SSSR count). The van der Waals surface area contributed by atoms with Crippen LogP contribution in [0.5, 0.6) is 46.3 Å². The van der Waals surface area contributed by atoms with E-state index >= 15 is 0 Å². The zero-order valence-electron chi connectivity index (χ0n) is 77.0. The van der Waals surface area contributed by atoms with Crippen molar-refractivity contribution in [2.24, 2.45) is 21.1 Å². The summed E-state index contributed by atoms with van der Waals surface area (Å²) in [5, 5.41) is 25.0. The number of para-hydroxylation sites is 3. The van der Waals surface area contributed by atoms with Crippen LogP contribution >= 0.6 is 34.8 Å². The van der Waals surface area contributed by atoms with Gasteiger partial charge < -0.3 is 78.5 Å². The van der Waals surface area contributed by atoms with Gasteiger partial charge in [-0.05, 0) is 150 Å². The van der Waals surface area contributed by atoms with Gasteiger partial charge in [0.2, 0.25) is 58.3 Å². The van der Waals surface area contributed by atoms with E-state index in [0.717, 1.165) is 90.9 Å². The molecule has 2 fully saturated rings. The number of anilines is 7. The monoisotopic (exact) mass is 2120 g/mol. The van der Waals surface area contributed by atoms with Crippen LogP contribution in [0.4, 0.5) is 40.1 Å². The van der Waals surface area contributed by atoms with E-state index in [4.69, 9.17) is 59.8 Å². The van der Waals surface area contributed by atoms with Gasteiger partial charge in [-0.25, -0.2) is 45.2 Å². The van der Waals surface area contributed by atoms with Crippen molar-refractivity contribution in [3.8, 4) is 46.3 Å². The minimum absolute atomic E-state index is 0. The fourth-order valence-corrected chi connectivity index (χ4v) is 15.8. The topological polar surface area (TPSA) is 406 Å². The third kappa shape index (κ3) is 27.9. The summed E-state index contributed by atoms with van der Waals surface area (Å²) < 4.78 is 119. The summed E-state index contributed by atoms with van der Waals surface area (Å²) >= 11 is 16.6. The van der Waals surface area contributed by atoms with Crippen LogP contribution in [0.25, 0.3) is 32.7 Å². The molecule has 0 bridgehead atoms. The number of halogens is 3. The van der Waals surface area contributed by atoms with E-state index in [1.54, 1.807) is 144 Å². The fraction of sp³-hybridized carbons (Fsp3) is 0.352. The number of aromatic hydroxyl groups is 1. The molecule has 6 aromatic carbocycles.